The van der Waals surface area contributed by atoms with Crippen LogP contribution in [0.5, 0.6) is 5.75 Å². The van der Waals surface area contributed by atoms with Gasteiger partial charge in [0.15, 0.2) is 0 Å². The number of ether oxygens (including phenoxy) is 2. The minimum Gasteiger partial charge on any atom is -0.489 e. The van der Waals surface area contributed by atoms with Gasteiger partial charge in [-0.05, 0) is 36.9 Å². The predicted molar refractivity (Wildman–Crippen MR) is 88.8 cm³/mol. The highest BCUT2D eigenvalue weighted by molar-refractivity contribution is 7.12. The monoisotopic (exact) mass is 319 g/mol. The molecule has 1 amide bonds. The summed E-state index contributed by atoms with van der Waals surface area (Å²) in [6, 6.07) is 7.98. The molecule has 1 aromatic heterocycles. The quantitative estimate of drug-likeness (QED) is 0.796. The first-order valence-electron chi connectivity index (χ1n) is 7.14. The van der Waals surface area contributed by atoms with Crippen LogP contribution in [-0.4, -0.2) is 26.2 Å². The van der Waals surface area contributed by atoms with Gasteiger partial charge in [-0.15, -0.1) is 11.3 Å². The summed E-state index contributed by atoms with van der Waals surface area (Å²) in [6.07, 6.45) is 0. The van der Waals surface area contributed by atoms with E-state index in [0.29, 0.717) is 24.6 Å². The van der Waals surface area contributed by atoms with Crippen molar-refractivity contribution in [2.45, 2.75) is 20.5 Å². The smallest absolute Gasteiger partial charge is 0.261 e. The molecule has 0 bridgehead atoms. The van der Waals surface area contributed by atoms with Crippen LogP contribution < -0.4 is 10.1 Å². The molecule has 4 nitrogen and oxygen atoms in total. The number of benzene rings is 1. The number of amides is 1. The summed E-state index contributed by atoms with van der Waals surface area (Å²) in [7, 11) is 1.61. The third-order valence-corrected chi connectivity index (χ3v) is 4.17. The molecule has 1 N–H and O–H groups in total. The molecular formula is C17H21NO3S. The normalized spacial score (nSPS) is 10.5. The molecule has 0 aliphatic rings. The van der Waals surface area contributed by atoms with Crippen LogP contribution in [0, 0.1) is 13.8 Å². The minimum atomic E-state index is -0.0696. The van der Waals surface area contributed by atoms with Gasteiger partial charge < -0.3 is 14.8 Å². The molecule has 0 radical (unpaired) electrons. The highest BCUT2D eigenvalue weighted by Crippen LogP contribution is 2.21. The van der Waals surface area contributed by atoms with Crippen LogP contribution in [0.15, 0.2) is 29.6 Å². The molecule has 0 saturated carbocycles. The molecule has 0 saturated heterocycles. The van der Waals surface area contributed by atoms with Gasteiger partial charge in [0.05, 0.1) is 11.5 Å². The lowest BCUT2D eigenvalue weighted by Gasteiger charge is -2.08. The second-order valence-electron chi connectivity index (χ2n) is 5.13. The van der Waals surface area contributed by atoms with Gasteiger partial charge in [-0.3, -0.25) is 4.79 Å². The number of hydrogen-bond acceptors (Lipinski definition) is 4. The third kappa shape index (κ3) is 4.58. The fraction of sp³-hybridized carbons (Fsp3) is 0.353. The van der Waals surface area contributed by atoms with Gasteiger partial charge in [0.2, 0.25) is 0 Å². The van der Waals surface area contributed by atoms with Crippen LogP contribution in [0.4, 0.5) is 0 Å². The SMILES string of the molecule is COCCNC(=O)c1cc(COc2ccc(C)cc2C)cs1. The number of carbonyl (C=O) groups excluding carboxylic acids is 1. The molecule has 0 aliphatic carbocycles. The van der Waals surface area contributed by atoms with E-state index in [1.807, 2.05) is 30.5 Å². The molecule has 1 aromatic carbocycles. The fourth-order valence-electron chi connectivity index (χ4n) is 2.05. The maximum atomic E-state index is 11.9. The molecule has 2 aromatic rings. The van der Waals surface area contributed by atoms with Crippen molar-refractivity contribution in [2.24, 2.45) is 0 Å². The van der Waals surface area contributed by atoms with Crippen molar-refractivity contribution in [1.29, 1.82) is 0 Å². The van der Waals surface area contributed by atoms with Crippen LogP contribution in [0.2, 0.25) is 0 Å². The first-order valence-corrected chi connectivity index (χ1v) is 8.02. The third-order valence-electron chi connectivity index (χ3n) is 3.19. The van der Waals surface area contributed by atoms with E-state index in [1.165, 1.54) is 16.9 Å². The molecule has 118 valence electrons. The molecule has 5 heteroatoms. The van der Waals surface area contributed by atoms with E-state index >= 15 is 0 Å². The Balaban J connectivity index is 1.90. The van der Waals surface area contributed by atoms with E-state index in [0.717, 1.165) is 16.9 Å². The van der Waals surface area contributed by atoms with Crippen LogP contribution in [0.25, 0.3) is 0 Å². The molecular weight excluding hydrogens is 298 g/mol. The number of nitrogens with one attached hydrogen (secondary N) is 1. The molecule has 22 heavy (non-hydrogen) atoms. The average Bonchev–Trinajstić information content (AvgIpc) is 2.95. The molecule has 0 spiro atoms. The minimum absolute atomic E-state index is 0.0696. The summed E-state index contributed by atoms with van der Waals surface area (Å²) in [5.41, 5.74) is 3.34. The van der Waals surface area contributed by atoms with Crippen molar-refractivity contribution < 1.29 is 14.3 Å². The summed E-state index contributed by atoms with van der Waals surface area (Å²) < 4.78 is 10.7. The summed E-state index contributed by atoms with van der Waals surface area (Å²) in [4.78, 5) is 12.6. The zero-order chi connectivity index (χ0) is 15.9. The summed E-state index contributed by atoms with van der Waals surface area (Å²) in [5, 5.41) is 4.76. The molecule has 1 heterocycles. The van der Waals surface area contributed by atoms with Crippen molar-refractivity contribution in [3.8, 4) is 5.75 Å². The number of aryl methyl sites for hydroxylation is 2. The molecule has 0 unspecified atom stereocenters. The van der Waals surface area contributed by atoms with Gasteiger partial charge in [-0.2, -0.15) is 0 Å². The van der Waals surface area contributed by atoms with Crippen LogP contribution in [-0.2, 0) is 11.3 Å². The van der Waals surface area contributed by atoms with Crippen molar-refractivity contribution in [1.82, 2.24) is 5.32 Å². The Hall–Kier alpha value is -1.85. The summed E-state index contributed by atoms with van der Waals surface area (Å²) in [5.74, 6) is 0.808. The van der Waals surface area contributed by atoms with Gasteiger partial charge in [0.25, 0.3) is 5.91 Å². The molecule has 0 atom stereocenters. The Morgan fingerprint density at radius 2 is 2.09 bits per heavy atom. The maximum absolute atomic E-state index is 11.9. The Morgan fingerprint density at radius 1 is 1.27 bits per heavy atom. The van der Waals surface area contributed by atoms with Gasteiger partial charge in [-0.1, -0.05) is 17.7 Å². The van der Waals surface area contributed by atoms with E-state index in [4.69, 9.17) is 9.47 Å². The second-order valence-corrected chi connectivity index (χ2v) is 6.04. The van der Waals surface area contributed by atoms with Crippen molar-refractivity contribution in [3.05, 3.63) is 51.2 Å². The van der Waals surface area contributed by atoms with E-state index in [-0.39, 0.29) is 5.91 Å². The number of rotatable bonds is 7. The maximum Gasteiger partial charge on any atom is 0.261 e. The van der Waals surface area contributed by atoms with Crippen LogP contribution in [0.3, 0.4) is 0 Å². The molecule has 2 rings (SSSR count). The largest absolute Gasteiger partial charge is 0.489 e. The van der Waals surface area contributed by atoms with Gasteiger partial charge in [0, 0.05) is 19.2 Å². The number of thiophene rings is 1. The van der Waals surface area contributed by atoms with Crippen molar-refractivity contribution in [2.75, 3.05) is 20.3 Å². The number of hydrogen-bond donors (Lipinski definition) is 1. The average molecular weight is 319 g/mol. The van der Waals surface area contributed by atoms with E-state index in [9.17, 15) is 4.79 Å². The van der Waals surface area contributed by atoms with Crippen LogP contribution >= 0.6 is 11.3 Å². The lowest BCUT2D eigenvalue weighted by atomic mass is 10.1. The topological polar surface area (TPSA) is 47.6 Å². The second kappa shape index (κ2) is 7.96. The Morgan fingerprint density at radius 3 is 2.82 bits per heavy atom. The van der Waals surface area contributed by atoms with E-state index in [1.54, 1.807) is 7.11 Å². The van der Waals surface area contributed by atoms with Gasteiger partial charge >= 0.3 is 0 Å². The highest BCUT2D eigenvalue weighted by Gasteiger charge is 2.09. The first kappa shape index (κ1) is 16.5. The van der Waals surface area contributed by atoms with Crippen molar-refractivity contribution >= 4 is 17.2 Å². The zero-order valence-corrected chi connectivity index (χ0v) is 14.0. The fourth-order valence-corrected chi connectivity index (χ4v) is 2.86. The Labute approximate surface area is 135 Å². The zero-order valence-electron chi connectivity index (χ0n) is 13.1. The van der Waals surface area contributed by atoms with Crippen molar-refractivity contribution in [3.63, 3.8) is 0 Å². The van der Waals surface area contributed by atoms with Crippen LogP contribution in [0.1, 0.15) is 26.4 Å². The summed E-state index contributed by atoms with van der Waals surface area (Å²) in [6.45, 7) is 5.59. The highest BCUT2D eigenvalue weighted by atomic mass is 32.1. The predicted octanol–water partition coefficient (Wildman–Crippen LogP) is 3.32. The number of carbonyl (C=O) groups is 1. The standard InChI is InChI=1S/C17H21NO3S/c1-12-4-5-15(13(2)8-12)21-10-14-9-16(22-11-14)17(19)18-6-7-20-3/h4-5,8-9,11H,6-7,10H2,1-3H3,(H,18,19). The molecule has 0 fully saturated rings. The first-order chi connectivity index (χ1) is 10.6. The van der Waals surface area contributed by atoms with Gasteiger partial charge in [-0.25, -0.2) is 0 Å². The Kier molecular flexibility index (Phi) is 5.98. The summed E-state index contributed by atoms with van der Waals surface area (Å²) >= 11 is 1.42. The lowest BCUT2D eigenvalue weighted by Crippen LogP contribution is -2.26. The number of methoxy groups -OCH3 is 1. The van der Waals surface area contributed by atoms with E-state index < -0.39 is 0 Å². The lowest BCUT2D eigenvalue weighted by molar-refractivity contribution is 0.0941. The molecule has 0 aliphatic heterocycles. The van der Waals surface area contributed by atoms with E-state index in [2.05, 4.69) is 18.3 Å². The van der Waals surface area contributed by atoms with Gasteiger partial charge in [0.1, 0.15) is 12.4 Å². The Bertz CT molecular complexity index is 637.